The van der Waals surface area contributed by atoms with Gasteiger partial charge in [0.1, 0.15) is 11.7 Å². The van der Waals surface area contributed by atoms with E-state index in [0.29, 0.717) is 12.8 Å². The molecule has 0 saturated carbocycles. The molecule has 2 atom stereocenters. The summed E-state index contributed by atoms with van der Waals surface area (Å²) in [4.78, 5) is 24.6. The predicted octanol–water partition coefficient (Wildman–Crippen LogP) is 3.65. The van der Waals surface area contributed by atoms with E-state index in [2.05, 4.69) is 13.0 Å². The SMILES string of the molecule is COC(=O)C1C(=O)CC/C=C(\C)CC[C@@H]1c1ccccc1. The molecule has 3 heteroatoms. The topological polar surface area (TPSA) is 43.4 Å². The van der Waals surface area contributed by atoms with E-state index >= 15 is 0 Å². The fraction of sp³-hybridized carbons (Fsp3) is 0.444. The summed E-state index contributed by atoms with van der Waals surface area (Å²) in [6.45, 7) is 2.09. The summed E-state index contributed by atoms with van der Waals surface area (Å²) >= 11 is 0. The van der Waals surface area contributed by atoms with Gasteiger partial charge < -0.3 is 4.74 Å². The zero-order valence-electron chi connectivity index (χ0n) is 12.7. The van der Waals surface area contributed by atoms with Crippen LogP contribution in [0.2, 0.25) is 0 Å². The lowest BCUT2D eigenvalue weighted by Gasteiger charge is -2.24. The molecule has 1 aromatic rings. The molecule has 0 aliphatic heterocycles. The third-order valence-electron chi connectivity index (χ3n) is 4.17. The van der Waals surface area contributed by atoms with Crippen LogP contribution >= 0.6 is 0 Å². The van der Waals surface area contributed by atoms with Gasteiger partial charge in [-0.3, -0.25) is 9.59 Å². The maximum Gasteiger partial charge on any atom is 0.316 e. The minimum absolute atomic E-state index is 0.0124. The van der Waals surface area contributed by atoms with Crippen molar-refractivity contribution in [3.05, 3.63) is 47.5 Å². The molecule has 21 heavy (non-hydrogen) atoms. The van der Waals surface area contributed by atoms with Crippen molar-refractivity contribution in [2.75, 3.05) is 7.11 Å². The number of ether oxygens (including phenoxy) is 1. The summed E-state index contributed by atoms with van der Waals surface area (Å²) in [5.41, 5.74) is 2.32. The molecule has 3 nitrogen and oxygen atoms in total. The van der Waals surface area contributed by atoms with Gasteiger partial charge in [-0.1, -0.05) is 42.0 Å². The van der Waals surface area contributed by atoms with Crippen molar-refractivity contribution in [3.8, 4) is 0 Å². The molecule has 0 bridgehead atoms. The molecular weight excluding hydrogens is 264 g/mol. The highest BCUT2D eigenvalue weighted by molar-refractivity contribution is 6.00. The predicted molar refractivity (Wildman–Crippen MR) is 81.9 cm³/mol. The Balaban J connectivity index is 2.38. The van der Waals surface area contributed by atoms with Crippen molar-refractivity contribution in [1.82, 2.24) is 0 Å². The van der Waals surface area contributed by atoms with E-state index in [1.54, 1.807) is 0 Å². The first-order chi connectivity index (χ1) is 10.1. The van der Waals surface area contributed by atoms with E-state index in [0.717, 1.165) is 18.4 Å². The molecule has 0 heterocycles. The number of hydrogen-bond acceptors (Lipinski definition) is 3. The molecule has 0 fully saturated rings. The Morgan fingerprint density at radius 1 is 1.19 bits per heavy atom. The number of benzene rings is 1. The molecule has 1 unspecified atom stereocenters. The Kier molecular flexibility index (Phi) is 5.32. The Morgan fingerprint density at radius 2 is 1.90 bits per heavy atom. The molecule has 0 N–H and O–H groups in total. The van der Waals surface area contributed by atoms with Gasteiger partial charge in [0.2, 0.25) is 0 Å². The number of carbonyl (C=O) groups is 2. The van der Waals surface area contributed by atoms with Gasteiger partial charge in [-0.2, -0.15) is 0 Å². The zero-order chi connectivity index (χ0) is 15.2. The van der Waals surface area contributed by atoms with Gasteiger partial charge in [0, 0.05) is 12.3 Å². The fourth-order valence-corrected chi connectivity index (χ4v) is 2.97. The highest BCUT2D eigenvalue weighted by atomic mass is 16.5. The quantitative estimate of drug-likeness (QED) is 0.473. The maximum absolute atomic E-state index is 12.5. The van der Waals surface area contributed by atoms with Crippen molar-refractivity contribution >= 4 is 11.8 Å². The van der Waals surface area contributed by atoms with Gasteiger partial charge in [-0.15, -0.1) is 0 Å². The van der Waals surface area contributed by atoms with Crippen LogP contribution in [0.15, 0.2) is 42.0 Å². The summed E-state index contributed by atoms with van der Waals surface area (Å²) in [6, 6.07) is 9.82. The number of allylic oxidation sites excluding steroid dienone is 2. The van der Waals surface area contributed by atoms with E-state index in [9.17, 15) is 9.59 Å². The molecule has 1 aliphatic rings. The Hall–Kier alpha value is -1.90. The first-order valence-electron chi connectivity index (χ1n) is 7.44. The van der Waals surface area contributed by atoms with Crippen molar-refractivity contribution in [2.45, 2.75) is 38.5 Å². The summed E-state index contributed by atoms with van der Waals surface area (Å²) < 4.78 is 4.90. The number of ketones is 1. The Bertz CT molecular complexity index is 531. The van der Waals surface area contributed by atoms with Crippen molar-refractivity contribution in [1.29, 1.82) is 0 Å². The van der Waals surface area contributed by atoms with Crippen LogP contribution < -0.4 is 0 Å². The molecule has 112 valence electrons. The average Bonchev–Trinajstić information content (AvgIpc) is 2.57. The number of Topliss-reactive ketones (excluding diaryl/α,β-unsaturated/α-hetero) is 1. The second-order valence-electron chi connectivity index (χ2n) is 5.61. The highest BCUT2D eigenvalue weighted by Gasteiger charge is 2.36. The standard InChI is InChI=1S/C18H22O3/c1-13-7-6-10-16(19)17(18(20)21-2)15(12-11-13)14-8-4-3-5-9-14/h3-5,7-9,15,17H,6,10-12H2,1-2H3/b13-7+/t15-,17?/m1/s1. The molecular formula is C18H22O3. The number of hydrogen-bond donors (Lipinski definition) is 0. The first-order valence-corrected chi connectivity index (χ1v) is 7.44. The van der Waals surface area contributed by atoms with Gasteiger partial charge in [-0.05, 0) is 31.7 Å². The largest absolute Gasteiger partial charge is 0.468 e. The molecule has 1 aromatic carbocycles. The van der Waals surface area contributed by atoms with E-state index in [1.165, 1.54) is 12.7 Å². The van der Waals surface area contributed by atoms with Crippen molar-refractivity contribution in [3.63, 3.8) is 0 Å². The lowest BCUT2D eigenvalue weighted by Crippen LogP contribution is -2.31. The number of carbonyl (C=O) groups excluding carboxylic acids is 2. The second-order valence-corrected chi connectivity index (χ2v) is 5.61. The Morgan fingerprint density at radius 3 is 2.57 bits per heavy atom. The number of rotatable bonds is 2. The van der Waals surface area contributed by atoms with Gasteiger partial charge >= 0.3 is 5.97 Å². The van der Waals surface area contributed by atoms with Crippen LogP contribution in [0.5, 0.6) is 0 Å². The summed E-state index contributed by atoms with van der Waals surface area (Å²) in [7, 11) is 1.35. The number of esters is 1. The summed E-state index contributed by atoms with van der Waals surface area (Å²) in [5, 5.41) is 0. The van der Waals surface area contributed by atoms with Crippen LogP contribution in [-0.2, 0) is 14.3 Å². The normalized spacial score (nSPS) is 26.0. The lowest BCUT2D eigenvalue weighted by molar-refractivity contribution is -0.150. The van der Waals surface area contributed by atoms with Crippen LogP contribution in [0.3, 0.4) is 0 Å². The van der Waals surface area contributed by atoms with E-state index < -0.39 is 11.9 Å². The molecule has 0 radical (unpaired) electrons. The van der Waals surface area contributed by atoms with Gasteiger partial charge in [0.15, 0.2) is 0 Å². The number of methoxy groups -OCH3 is 1. The maximum atomic E-state index is 12.5. The highest BCUT2D eigenvalue weighted by Crippen LogP contribution is 2.34. The summed E-state index contributed by atoms with van der Waals surface area (Å²) in [6.07, 6.45) is 4.91. The van der Waals surface area contributed by atoms with E-state index in [4.69, 9.17) is 4.74 Å². The molecule has 0 spiro atoms. The zero-order valence-corrected chi connectivity index (χ0v) is 12.7. The minimum Gasteiger partial charge on any atom is -0.468 e. The van der Waals surface area contributed by atoms with Crippen molar-refractivity contribution < 1.29 is 14.3 Å². The monoisotopic (exact) mass is 286 g/mol. The van der Waals surface area contributed by atoms with Gasteiger partial charge in [0.05, 0.1) is 7.11 Å². The molecule has 0 saturated heterocycles. The Labute approximate surface area is 126 Å². The first kappa shape index (κ1) is 15.5. The summed E-state index contributed by atoms with van der Waals surface area (Å²) in [5.74, 6) is -1.21. The molecule has 1 aliphatic carbocycles. The molecule has 0 amide bonds. The molecule has 2 rings (SSSR count). The average molecular weight is 286 g/mol. The van der Waals surface area contributed by atoms with Crippen LogP contribution in [0, 0.1) is 5.92 Å². The molecule has 0 aromatic heterocycles. The van der Waals surface area contributed by atoms with E-state index in [-0.39, 0.29) is 11.7 Å². The second kappa shape index (κ2) is 7.21. The van der Waals surface area contributed by atoms with Gasteiger partial charge in [-0.25, -0.2) is 0 Å². The van der Waals surface area contributed by atoms with Crippen LogP contribution in [-0.4, -0.2) is 18.9 Å². The lowest BCUT2D eigenvalue weighted by atomic mass is 9.79. The smallest absolute Gasteiger partial charge is 0.316 e. The van der Waals surface area contributed by atoms with E-state index in [1.807, 2.05) is 30.3 Å². The minimum atomic E-state index is -0.684. The third-order valence-corrected chi connectivity index (χ3v) is 4.17. The van der Waals surface area contributed by atoms with Crippen LogP contribution in [0.25, 0.3) is 0 Å². The van der Waals surface area contributed by atoms with Crippen LogP contribution in [0.4, 0.5) is 0 Å². The third kappa shape index (κ3) is 3.81. The van der Waals surface area contributed by atoms with Crippen molar-refractivity contribution in [2.24, 2.45) is 5.92 Å². The fourth-order valence-electron chi connectivity index (χ4n) is 2.97. The van der Waals surface area contributed by atoms with Gasteiger partial charge in [0.25, 0.3) is 0 Å². The van der Waals surface area contributed by atoms with Crippen LogP contribution in [0.1, 0.15) is 44.1 Å².